The molecule has 0 amide bonds. The Hall–Kier alpha value is -1.75. The summed E-state index contributed by atoms with van der Waals surface area (Å²) < 4.78 is 5.42. The number of nitrogens with zero attached hydrogens (tertiary/aromatic N) is 2. The lowest BCUT2D eigenvalue weighted by molar-refractivity contribution is 0.151. The van der Waals surface area contributed by atoms with Gasteiger partial charge in [0, 0.05) is 23.7 Å². The number of ether oxygens (including phenoxy) is 1. The molecule has 5 nitrogen and oxygen atoms in total. The lowest BCUT2D eigenvalue weighted by Gasteiger charge is -2.33. The van der Waals surface area contributed by atoms with Gasteiger partial charge < -0.3 is 15.7 Å². The van der Waals surface area contributed by atoms with Gasteiger partial charge in [-0.15, -0.1) is 0 Å². The van der Waals surface area contributed by atoms with Crippen molar-refractivity contribution in [2.75, 3.05) is 13.7 Å². The molecule has 1 aliphatic heterocycles. The predicted molar refractivity (Wildman–Crippen MR) is 79.2 cm³/mol. The Morgan fingerprint density at radius 1 is 1.50 bits per heavy atom. The topological polar surface area (TPSA) is 71.1 Å². The number of rotatable bonds is 4. The number of oxime groups is 1. The van der Waals surface area contributed by atoms with Crippen LogP contribution < -0.4 is 10.5 Å². The van der Waals surface area contributed by atoms with Crippen LogP contribution in [0.5, 0.6) is 5.75 Å². The minimum Gasteiger partial charge on any atom is -0.496 e. The molecule has 1 heterocycles. The van der Waals surface area contributed by atoms with Crippen LogP contribution in [0.15, 0.2) is 23.4 Å². The predicted octanol–water partition coefficient (Wildman–Crippen LogP) is 2.16. The van der Waals surface area contributed by atoms with Crippen LogP contribution in [0.3, 0.4) is 0 Å². The number of methoxy groups -OCH3 is 1. The van der Waals surface area contributed by atoms with E-state index in [1.807, 2.05) is 12.1 Å². The molecule has 0 bridgehead atoms. The highest BCUT2D eigenvalue weighted by Gasteiger charge is 2.20. The van der Waals surface area contributed by atoms with Crippen LogP contribution in [-0.4, -0.2) is 35.6 Å². The molecule has 20 heavy (non-hydrogen) atoms. The molecule has 1 aromatic carbocycles. The van der Waals surface area contributed by atoms with E-state index in [-0.39, 0.29) is 5.84 Å². The standard InChI is InChI=1S/C15H23N3O2/c1-11-5-3-4-8-18(11)10-13-9-12(15(16)17-19)6-7-14(13)20-2/h6-7,9,11,19H,3-5,8,10H2,1-2H3,(H2,16,17). The summed E-state index contributed by atoms with van der Waals surface area (Å²) >= 11 is 0. The second kappa shape index (κ2) is 6.61. The molecule has 0 aliphatic carbocycles. The molecule has 0 spiro atoms. The largest absolute Gasteiger partial charge is 0.496 e. The van der Waals surface area contributed by atoms with Gasteiger partial charge in [-0.3, -0.25) is 4.90 Å². The number of amidine groups is 1. The molecule has 0 saturated carbocycles. The Morgan fingerprint density at radius 2 is 2.30 bits per heavy atom. The average molecular weight is 277 g/mol. The highest BCUT2D eigenvalue weighted by Crippen LogP contribution is 2.25. The van der Waals surface area contributed by atoms with Crippen LogP contribution >= 0.6 is 0 Å². The monoisotopic (exact) mass is 277 g/mol. The van der Waals surface area contributed by atoms with Crippen LogP contribution in [0.25, 0.3) is 0 Å². The van der Waals surface area contributed by atoms with Gasteiger partial charge >= 0.3 is 0 Å². The fraction of sp³-hybridized carbons (Fsp3) is 0.533. The van der Waals surface area contributed by atoms with Crippen LogP contribution in [0.1, 0.15) is 37.3 Å². The van der Waals surface area contributed by atoms with E-state index in [1.54, 1.807) is 13.2 Å². The third-order valence-electron chi connectivity index (χ3n) is 4.00. The summed E-state index contributed by atoms with van der Waals surface area (Å²) in [6.45, 7) is 4.20. The maximum atomic E-state index is 8.79. The molecule has 0 aromatic heterocycles. The van der Waals surface area contributed by atoms with Crippen molar-refractivity contribution in [3.63, 3.8) is 0 Å². The van der Waals surface area contributed by atoms with Crippen molar-refractivity contribution < 1.29 is 9.94 Å². The maximum absolute atomic E-state index is 8.79. The SMILES string of the molecule is COc1ccc(/C(N)=N/O)cc1CN1CCCCC1C. The number of benzene rings is 1. The third kappa shape index (κ3) is 3.22. The van der Waals surface area contributed by atoms with Crippen molar-refractivity contribution in [1.82, 2.24) is 4.90 Å². The summed E-state index contributed by atoms with van der Waals surface area (Å²) in [5, 5.41) is 11.8. The van der Waals surface area contributed by atoms with E-state index >= 15 is 0 Å². The Labute approximate surface area is 120 Å². The number of piperidine rings is 1. The summed E-state index contributed by atoms with van der Waals surface area (Å²) in [6, 6.07) is 6.20. The number of hydrogen-bond donors (Lipinski definition) is 2. The molecule has 3 N–H and O–H groups in total. The molecule has 1 aliphatic rings. The first-order chi connectivity index (χ1) is 9.65. The molecule has 2 rings (SSSR count). The zero-order valence-electron chi connectivity index (χ0n) is 12.2. The third-order valence-corrected chi connectivity index (χ3v) is 4.00. The average Bonchev–Trinajstić information content (AvgIpc) is 2.48. The highest BCUT2D eigenvalue weighted by molar-refractivity contribution is 5.97. The van der Waals surface area contributed by atoms with Gasteiger partial charge in [0.15, 0.2) is 5.84 Å². The summed E-state index contributed by atoms with van der Waals surface area (Å²) in [5.41, 5.74) is 7.45. The molecule has 5 heteroatoms. The molecular formula is C15H23N3O2. The van der Waals surface area contributed by atoms with E-state index in [0.29, 0.717) is 11.6 Å². The lowest BCUT2D eigenvalue weighted by atomic mass is 10.0. The normalized spacial score (nSPS) is 20.9. The van der Waals surface area contributed by atoms with Crippen molar-refractivity contribution >= 4 is 5.84 Å². The molecule has 1 unspecified atom stereocenters. The number of hydrogen-bond acceptors (Lipinski definition) is 4. The van der Waals surface area contributed by atoms with Gasteiger partial charge in [0.1, 0.15) is 5.75 Å². The maximum Gasteiger partial charge on any atom is 0.170 e. The summed E-state index contributed by atoms with van der Waals surface area (Å²) in [7, 11) is 1.67. The molecule has 1 aromatic rings. The number of likely N-dealkylation sites (tertiary alicyclic amines) is 1. The molecule has 110 valence electrons. The fourth-order valence-corrected chi connectivity index (χ4v) is 2.73. The summed E-state index contributed by atoms with van der Waals surface area (Å²) in [6.07, 6.45) is 3.79. The highest BCUT2D eigenvalue weighted by atomic mass is 16.5. The van der Waals surface area contributed by atoms with Gasteiger partial charge in [-0.1, -0.05) is 11.6 Å². The van der Waals surface area contributed by atoms with E-state index in [1.165, 1.54) is 19.3 Å². The first-order valence-electron chi connectivity index (χ1n) is 7.04. The zero-order valence-corrected chi connectivity index (χ0v) is 12.2. The molecule has 1 atom stereocenters. The van der Waals surface area contributed by atoms with Crippen LogP contribution in [0.2, 0.25) is 0 Å². The summed E-state index contributed by atoms with van der Waals surface area (Å²) in [5.74, 6) is 0.970. The lowest BCUT2D eigenvalue weighted by Crippen LogP contribution is -2.36. The first-order valence-corrected chi connectivity index (χ1v) is 7.04. The molecular weight excluding hydrogens is 254 g/mol. The van der Waals surface area contributed by atoms with E-state index < -0.39 is 0 Å². The van der Waals surface area contributed by atoms with Gasteiger partial charge in [0.25, 0.3) is 0 Å². The van der Waals surface area contributed by atoms with Gasteiger partial charge in [-0.05, 0) is 44.5 Å². The fourth-order valence-electron chi connectivity index (χ4n) is 2.73. The van der Waals surface area contributed by atoms with Crippen molar-refractivity contribution in [1.29, 1.82) is 0 Å². The van der Waals surface area contributed by atoms with Gasteiger partial charge in [-0.2, -0.15) is 0 Å². The van der Waals surface area contributed by atoms with Gasteiger partial charge in [0.2, 0.25) is 0 Å². The van der Waals surface area contributed by atoms with Crippen molar-refractivity contribution in [2.24, 2.45) is 10.9 Å². The first kappa shape index (κ1) is 14.7. The number of nitrogens with two attached hydrogens (primary N) is 1. The second-order valence-corrected chi connectivity index (χ2v) is 5.33. The van der Waals surface area contributed by atoms with Crippen molar-refractivity contribution in [3.05, 3.63) is 29.3 Å². The Morgan fingerprint density at radius 3 is 2.95 bits per heavy atom. The van der Waals surface area contributed by atoms with Gasteiger partial charge in [-0.25, -0.2) is 0 Å². The second-order valence-electron chi connectivity index (χ2n) is 5.33. The van der Waals surface area contributed by atoms with Crippen molar-refractivity contribution in [2.45, 2.75) is 38.8 Å². The van der Waals surface area contributed by atoms with Gasteiger partial charge in [0.05, 0.1) is 7.11 Å². The zero-order chi connectivity index (χ0) is 14.5. The van der Waals surface area contributed by atoms with E-state index in [2.05, 4.69) is 17.0 Å². The van der Waals surface area contributed by atoms with Crippen molar-refractivity contribution in [3.8, 4) is 5.75 Å². The Balaban J connectivity index is 2.23. The molecule has 1 fully saturated rings. The van der Waals surface area contributed by atoms with E-state index in [0.717, 1.165) is 24.4 Å². The van der Waals surface area contributed by atoms with E-state index in [4.69, 9.17) is 15.7 Å². The van der Waals surface area contributed by atoms with Crippen LogP contribution in [0.4, 0.5) is 0 Å². The Kier molecular flexibility index (Phi) is 4.84. The summed E-state index contributed by atoms with van der Waals surface area (Å²) in [4.78, 5) is 2.46. The van der Waals surface area contributed by atoms with Crippen LogP contribution in [0, 0.1) is 0 Å². The van der Waals surface area contributed by atoms with Crippen LogP contribution in [-0.2, 0) is 6.54 Å². The quantitative estimate of drug-likeness (QED) is 0.383. The minimum absolute atomic E-state index is 0.126. The smallest absolute Gasteiger partial charge is 0.170 e. The molecule has 1 saturated heterocycles. The van der Waals surface area contributed by atoms with E-state index in [9.17, 15) is 0 Å². The Bertz CT molecular complexity index is 488. The molecule has 0 radical (unpaired) electrons. The minimum atomic E-state index is 0.126.